The minimum atomic E-state index is 0.919. The topological polar surface area (TPSA) is 9.23 Å². The van der Waals surface area contributed by atoms with E-state index in [1.165, 1.54) is 16.7 Å². The van der Waals surface area contributed by atoms with Gasteiger partial charge in [-0.2, -0.15) is 0 Å². The molecule has 1 nitrogen and oxygen atoms in total. The van der Waals surface area contributed by atoms with Gasteiger partial charge in [-0.3, -0.25) is 0 Å². The lowest BCUT2D eigenvalue weighted by Gasteiger charge is -2.07. The third-order valence-corrected chi connectivity index (χ3v) is 2.04. The Labute approximate surface area is 80.0 Å². The van der Waals surface area contributed by atoms with Gasteiger partial charge in [0.2, 0.25) is 0 Å². The maximum Gasteiger partial charge on any atom is 0.119 e. The first-order chi connectivity index (χ1) is 6.13. The first-order valence-corrected chi connectivity index (χ1v) is 4.41. The van der Waals surface area contributed by atoms with Crippen LogP contribution in [0.25, 0.3) is 0 Å². The molecule has 1 heteroatoms. The third kappa shape index (κ3) is 2.62. The minimum absolute atomic E-state index is 0.919. The van der Waals surface area contributed by atoms with E-state index >= 15 is 0 Å². The van der Waals surface area contributed by atoms with Crippen LogP contribution < -0.4 is 4.74 Å². The van der Waals surface area contributed by atoms with Crippen molar-refractivity contribution < 1.29 is 4.74 Å². The number of ether oxygens (including phenoxy) is 1. The van der Waals surface area contributed by atoms with Crippen LogP contribution in [0, 0.1) is 6.92 Å². The van der Waals surface area contributed by atoms with Crippen molar-refractivity contribution in [3.8, 4) is 5.75 Å². The summed E-state index contributed by atoms with van der Waals surface area (Å²) < 4.78 is 5.13. The van der Waals surface area contributed by atoms with Gasteiger partial charge in [0.25, 0.3) is 0 Å². The first-order valence-electron chi connectivity index (χ1n) is 4.41. The second-order valence-electron chi connectivity index (χ2n) is 3.43. The molecule has 0 radical (unpaired) electrons. The zero-order valence-corrected chi connectivity index (χ0v) is 8.55. The van der Waals surface area contributed by atoms with Gasteiger partial charge in [0.1, 0.15) is 5.75 Å². The summed E-state index contributed by atoms with van der Waals surface area (Å²) in [6, 6.07) is 6.15. The van der Waals surface area contributed by atoms with Crippen LogP contribution in [-0.4, -0.2) is 7.11 Å². The van der Waals surface area contributed by atoms with Crippen LogP contribution in [0.15, 0.2) is 30.4 Å². The molecule has 0 saturated heterocycles. The number of hydrogen-bond donors (Lipinski definition) is 0. The van der Waals surface area contributed by atoms with Crippen LogP contribution in [0.5, 0.6) is 5.75 Å². The summed E-state index contributed by atoms with van der Waals surface area (Å²) in [6.45, 7) is 8.05. The molecule has 0 heterocycles. The molecule has 0 atom stereocenters. The summed E-state index contributed by atoms with van der Waals surface area (Å²) in [5, 5.41) is 0. The highest BCUT2D eigenvalue weighted by Gasteiger charge is 1.99. The van der Waals surface area contributed by atoms with Gasteiger partial charge in [-0.1, -0.05) is 18.2 Å². The Morgan fingerprint density at radius 1 is 1.46 bits per heavy atom. The van der Waals surface area contributed by atoms with Crippen molar-refractivity contribution in [1.29, 1.82) is 0 Å². The van der Waals surface area contributed by atoms with Crippen LogP contribution in [0.3, 0.4) is 0 Å². The molecular formula is C12H16O. The van der Waals surface area contributed by atoms with E-state index in [2.05, 4.69) is 25.6 Å². The van der Waals surface area contributed by atoms with Crippen LogP contribution in [0.1, 0.15) is 18.1 Å². The number of methoxy groups -OCH3 is 1. The minimum Gasteiger partial charge on any atom is -0.497 e. The van der Waals surface area contributed by atoms with Gasteiger partial charge >= 0.3 is 0 Å². The number of benzene rings is 1. The lowest BCUT2D eigenvalue weighted by molar-refractivity contribution is 0.414. The fourth-order valence-electron chi connectivity index (χ4n) is 1.32. The second kappa shape index (κ2) is 4.13. The number of aryl methyl sites for hydroxylation is 1. The molecule has 0 aromatic heterocycles. The maximum absolute atomic E-state index is 5.13. The van der Waals surface area contributed by atoms with Crippen LogP contribution >= 0.6 is 0 Å². The first kappa shape index (κ1) is 9.85. The molecule has 0 aliphatic heterocycles. The Hall–Kier alpha value is -1.24. The maximum atomic E-state index is 5.13. The number of rotatable bonds is 3. The van der Waals surface area contributed by atoms with Gasteiger partial charge in [-0.25, -0.2) is 0 Å². The quantitative estimate of drug-likeness (QED) is 0.643. The summed E-state index contributed by atoms with van der Waals surface area (Å²) in [6.07, 6.45) is 0.954. The molecule has 0 saturated carbocycles. The Balaban J connectivity index is 2.91. The van der Waals surface area contributed by atoms with E-state index in [4.69, 9.17) is 4.74 Å². The SMILES string of the molecule is C=C(C)Cc1ccc(OC)cc1C. The highest BCUT2D eigenvalue weighted by Crippen LogP contribution is 2.18. The number of hydrogen-bond acceptors (Lipinski definition) is 1. The molecule has 13 heavy (non-hydrogen) atoms. The fourth-order valence-corrected chi connectivity index (χ4v) is 1.32. The van der Waals surface area contributed by atoms with Crippen molar-refractivity contribution in [1.82, 2.24) is 0 Å². The van der Waals surface area contributed by atoms with E-state index in [1.54, 1.807) is 7.11 Å². The predicted octanol–water partition coefficient (Wildman–Crippen LogP) is 3.12. The molecule has 1 aromatic rings. The van der Waals surface area contributed by atoms with E-state index in [-0.39, 0.29) is 0 Å². The molecule has 0 bridgehead atoms. The molecule has 0 N–H and O–H groups in total. The van der Waals surface area contributed by atoms with Crippen molar-refractivity contribution in [2.45, 2.75) is 20.3 Å². The zero-order chi connectivity index (χ0) is 9.84. The van der Waals surface area contributed by atoms with Gasteiger partial charge in [0, 0.05) is 0 Å². The lowest BCUT2D eigenvalue weighted by Crippen LogP contribution is -1.91. The van der Waals surface area contributed by atoms with E-state index in [1.807, 2.05) is 13.0 Å². The molecule has 0 unspecified atom stereocenters. The highest BCUT2D eigenvalue weighted by atomic mass is 16.5. The Morgan fingerprint density at radius 2 is 2.15 bits per heavy atom. The van der Waals surface area contributed by atoms with Gasteiger partial charge in [0.15, 0.2) is 0 Å². The van der Waals surface area contributed by atoms with E-state index < -0.39 is 0 Å². The van der Waals surface area contributed by atoms with Gasteiger partial charge in [-0.15, -0.1) is 0 Å². The Morgan fingerprint density at radius 3 is 2.62 bits per heavy atom. The summed E-state index contributed by atoms with van der Waals surface area (Å²) in [5.74, 6) is 0.919. The summed E-state index contributed by atoms with van der Waals surface area (Å²) in [4.78, 5) is 0. The molecule has 1 rings (SSSR count). The average Bonchev–Trinajstić information content (AvgIpc) is 2.08. The Kier molecular flexibility index (Phi) is 3.13. The monoisotopic (exact) mass is 176 g/mol. The zero-order valence-electron chi connectivity index (χ0n) is 8.55. The predicted molar refractivity (Wildman–Crippen MR) is 56.2 cm³/mol. The molecular weight excluding hydrogens is 160 g/mol. The normalized spacial score (nSPS) is 9.77. The van der Waals surface area contributed by atoms with Crippen LogP contribution in [0.2, 0.25) is 0 Å². The van der Waals surface area contributed by atoms with E-state index in [0.29, 0.717) is 0 Å². The average molecular weight is 176 g/mol. The molecule has 0 spiro atoms. The molecule has 0 fully saturated rings. The third-order valence-electron chi connectivity index (χ3n) is 2.04. The summed E-state index contributed by atoms with van der Waals surface area (Å²) in [7, 11) is 1.69. The Bertz CT molecular complexity index is 313. The molecule has 0 amide bonds. The van der Waals surface area contributed by atoms with Crippen LogP contribution in [-0.2, 0) is 6.42 Å². The fraction of sp³-hybridized carbons (Fsp3) is 0.333. The van der Waals surface area contributed by atoms with E-state index in [0.717, 1.165) is 12.2 Å². The highest BCUT2D eigenvalue weighted by molar-refractivity contribution is 5.36. The molecule has 70 valence electrons. The van der Waals surface area contributed by atoms with Crippen molar-refractivity contribution in [3.05, 3.63) is 41.5 Å². The van der Waals surface area contributed by atoms with Crippen LogP contribution in [0.4, 0.5) is 0 Å². The summed E-state index contributed by atoms with van der Waals surface area (Å²) >= 11 is 0. The van der Waals surface area contributed by atoms with Crippen molar-refractivity contribution >= 4 is 0 Å². The lowest BCUT2D eigenvalue weighted by atomic mass is 10.0. The largest absolute Gasteiger partial charge is 0.497 e. The van der Waals surface area contributed by atoms with E-state index in [9.17, 15) is 0 Å². The summed E-state index contributed by atoms with van der Waals surface area (Å²) in [5.41, 5.74) is 3.78. The van der Waals surface area contributed by atoms with Crippen molar-refractivity contribution in [2.24, 2.45) is 0 Å². The smallest absolute Gasteiger partial charge is 0.119 e. The number of allylic oxidation sites excluding steroid dienone is 1. The van der Waals surface area contributed by atoms with Crippen molar-refractivity contribution in [2.75, 3.05) is 7.11 Å². The molecule has 1 aromatic carbocycles. The van der Waals surface area contributed by atoms with Gasteiger partial charge in [-0.05, 0) is 43.5 Å². The standard InChI is InChI=1S/C12H16O/c1-9(2)7-11-5-6-12(13-4)8-10(11)3/h5-6,8H,1,7H2,2-4H3. The molecule has 0 aliphatic carbocycles. The van der Waals surface area contributed by atoms with Crippen molar-refractivity contribution in [3.63, 3.8) is 0 Å². The van der Waals surface area contributed by atoms with Gasteiger partial charge < -0.3 is 4.74 Å². The second-order valence-corrected chi connectivity index (χ2v) is 3.43. The molecule has 0 aliphatic rings. The van der Waals surface area contributed by atoms with Gasteiger partial charge in [0.05, 0.1) is 7.11 Å².